The molecule has 0 aliphatic heterocycles. The number of aliphatic carboxylic acids is 1. The van der Waals surface area contributed by atoms with Crippen molar-refractivity contribution in [1.82, 2.24) is 0 Å². The highest BCUT2D eigenvalue weighted by Gasteiger charge is 2.19. The normalized spacial score (nSPS) is 16.1. The van der Waals surface area contributed by atoms with Crippen molar-refractivity contribution in [2.45, 2.75) is 90.9 Å². The van der Waals surface area contributed by atoms with Crippen LogP contribution in [0.25, 0.3) is 0 Å². The number of hydrogen-bond acceptors (Lipinski definition) is 1. The van der Waals surface area contributed by atoms with E-state index in [1.807, 2.05) is 0 Å². The summed E-state index contributed by atoms with van der Waals surface area (Å²) in [5.74, 6) is 0.897. The van der Waals surface area contributed by atoms with Crippen molar-refractivity contribution >= 4 is 5.97 Å². The minimum absolute atomic E-state index is 0.143. The average Bonchev–Trinajstić information content (AvgIpc) is 2.53. The van der Waals surface area contributed by atoms with E-state index < -0.39 is 5.97 Å². The first kappa shape index (κ1) is 19.0. The third-order valence-electron chi connectivity index (χ3n) is 5.52. The fourth-order valence-corrected chi connectivity index (χ4v) is 4.16. The molecule has 1 aromatic carbocycles. The minimum atomic E-state index is -0.728. The van der Waals surface area contributed by atoms with Crippen LogP contribution in [-0.4, -0.2) is 11.1 Å². The number of carboxylic acid groups (broad SMARTS) is 1. The molecule has 0 radical (unpaired) electrons. The molecule has 2 heteroatoms. The lowest BCUT2D eigenvalue weighted by Crippen LogP contribution is -2.12. The van der Waals surface area contributed by atoms with E-state index in [2.05, 4.69) is 39.8 Å². The highest BCUT2D eigenvalue weighted by Crippen LogP contribution is 2.32. The highest BCUT2D eigenvalue weighted by atomic mass is 16.4. The van der Waals surface area contributed by atoms with Gasteiger partial charge in [0.05, 0.1) is 6.42 Å². The van der Waals surface area contributed by atoms with Gasteiger partial charge < -0.3 is 5.11 Å². The van der Waals surface area contributed by atoms with Gasteiger partial charge in [-0.05, 0) is 52.8 Å². The third-order valence-corrected chi connectivity index (χ3v) is 5.52. The number of rotatable bonds is 7. The Bertz CT molecular complexity index is 522. The van der Waals surface area contributed by atoms with Gasteiger partial charge in [-0.2, -0.15) is 0 Å². The predicted molar refractivity (Wildman–Crippen MR) is 101 cm³/mol. The summed E-state index contributed by atoms with van der Waals surface area (Å²) in [7, 11) is 0. The molecule has 0 aromatic heterocycles. The van der Waals surface area contributed by atoms with E-state index in [0.717, 1.165) is 17.9 Å². The molecule has 1 saturated carbocycles. The number of benzene rings is 1. The standard InChI is InChI=1S/C22H34O2/c1-15(2)19-12-18(11-10-17-8-6-5-7-9-17)13-20(16(3)4)21(19)14-22(23)24/h12-13,15-17H,5-11,14H2,1-4H3,(H,23,24). The monoisotopic (exact) mass is 330 g/mol. The zero-order chi connectivity index (χ0) is 17.7. The van der Waals surface area contributed by atoms with Crippen LogP contribution in [0.2, 0.25) is 0 Å². The van der Waals surface area contributed by atoms with Gasteiger partial charge in [0.1, 0.15) is 0 Å². The first-order valence-electron chi connectivity index (χ1n) is 9.75. The Morgan fingerprint density at radius 1 is 1.04 bits per heavy atom. The van der Waals surface area contributed by atoms with Crippen LogP contribution in [0.5, 0.6) is 0 Å². The Kier molecular flexibility index (Phi) is 6.89. The smallest absolute Gasteiger partial charge is 0.307 e. The molecule has 2 rings (SSSR count). The van der Waals surface area contributed by atoms with Gasteiger partial charge in [0.25, 0.3) is 0 Å². The van der Waals surface area contributed by atoms with Crippen molar-refractivity contribution < 1.29 is 9.90 Å². The van der Waals surface area contributed by atoms with E-state index in [1.54, 1.807) is 0 Å². The molecule has 24 heavy (non-hydrogen) atoms. The Morgan fingerprint density at radius 2 is 1.58 bits per heavy atom. The summed E-state index contributed by atoms with van der Waals surface area (Å²) in [5, 5.41) is 9.32. The van der Waals surface area contributed by atoms with E-state index in [0.29, 0.717) is 11.8 Å². The van der Waals surface area contributed by atoms with Gasteiger partial charge in [-0.1, -0.05) is 71.9 Å². The Hall–Kier alpha value is -1.31. The topological polar surface area (TPSA) is 37.3 Å². The molecule has 1 N–H and O–H groups in total. The first-order valence-corrected chi connectivity index (χ1v) is 9.75. The lowest BCUT2D eigenvalue weighted by molar-refractivity contribution is -0.136. The molecule has 0 bridgehead atoms. The molecular weight excluding hydrogens is 296 g/mol. The van der Waals surface area contributed by atoms with Gasteiger partial charge in [-0.25, -0.2) is 0 Å². The van der Waals surface area contributed by atoms with E-state index >= 15 is 0 Å². The van der Waals surface area contributed by atoms with E-state index in [1.165, 1.54) is 55.2 Å². The summed E-state index contributed by atoms with van der Waals surface area (Å²) in [6.07, 6.45) is 9.56. The van der Waals surface area contributed by atoms with Gasteiger partial charge in [0.2, 0.25) is 0 Å². The van der Waals surface area contributed by atoms with Crippen LogP contribution >= 0.6 is 0 Å². The quantitative estimate of drug-likeness (QED) is 0.658. The third kappa shape index (κ3) is 5.09. The molecule has 0 heterocycles. The van der Waals surface area contributed by atoms with E-state index in [-0.39, 0.29) is 6.42 Å². The predicted octanol–water partition coefficient (Wildman–Crippen LogP) is 6.07. The molecule has 0 spiro atoms. The van der Waals surface area contributed by atoms with Crippen LogP contribution < -0.4 is 0 Å². The maximum absolute atomic E-state index is 11.3. The molecule has 134 valence electrons. The zero-order valence-corrected chi connectivity index (χ0v) is 15.9. The molecule has 0 saturated heterocycles. The van der Waals surface area contributed by atoms with Gasteiger partial charge in [-0.15, -0.1) is 0 Å². The molecule has 0 unspecified atom stereocenters. The summed E-state index contributed by atoms with van der Waals surface area (Å²) in [5.41, 5.74) is 4.93. The van der Waals surface area contributed by atoms with Crippen molar-refractivity contribution in [2.24, 2.45) is 5.92 Å². The molecule has 0 amide bonds. The number of carboxylic acids is 1. The Labute approximate surface area is 147 Å². The van der Waals surface area contributed by atoms with Gasteiger partial charge in [-0.3, -0.25) is 4.79 Å². The lowest BCUT2D eigenvalue weighted by atomic mass is 9.82. The molecule has 2 nitrogen and oxygen atoms in total. The second-order valence-electron chi connectivity index (χ2n) is 8.18. The molecule has 1 aliphatic carbocycles. The molecule has 1 aliphatic rings. The maximum Gasteiger partial charge on any atom is 0.307 e. The van der Waals surface area contributed by atoms with Crippen molar-refractivity contribution in [3.05, 3.63) is 34.4 Å². The van der Waals surface area contributed by atoms with E-state index in [4.69, 9.17) is 0 Å². The van der Waals surface area contributed by atoms with Gasteiger partial charge in [0.15, 0.2) is 0 Å². The SMILES string of the molecule is CC(C)c1cc(CCC2CCCCC2)cc(C(C)C)c1CC(=O)O. The fraction of sp³-hybridized carbons (Fsp3) is 0.682. The molecule has 0 atom stereocenters. The largest absolute Gasteiger partial charge is 0.481 e. The summed E-state index contributed by atoms with van der Waals surface area (Å²) >= 11 is 0. The van der Waals surface area contributed by atoms with Crippen LogP contribution in [0.1, 0.15) is 100 Å². The highest BCUT2D eigenvalue weighted by molar-refractivity contribution is 5.72. The zero-order valence-electron chi connectivity index (χ0n) is 15.9. The maximum atomic E-state index is 11.3. The fourth-order valence-electron chi connectivity index (χ4n) is 4.16. The van der Waals surface area contributed by atoms with E-state index in [9.17, 15) is 9.90 Å². The summed E-state index contributed by atoms with van der Waals surface area (Å²) in [6.45, 7) is 8.71. The molecule has 1 aromatic rings. The van der Waals surface area contributed by atoms with Crippen molar-refractivity contribution in [3.8, 4) is 0 Å². The van der Waals surface area contributed by atoms with Crippen LogP contribution in [0, 0.1) is 5.92 Å². The number of hydrogen-bond donors (Lipinski definition) is 1. The van der Waals surface area contributed by atoms with Crippen LogP contribution in [0.15, 0.2) is 12.1 Å². The summed E-state index contributed by atoms with van der Waals surface area (Å²) < 4.78 is 0. The first-order chi connectivity index (χ1) is 11.4. The summed E-state index contributed by atoms with van der Waals surface area (Å²) in [6, 6.07) is 4.58. The molecule has 1 fully saturated rings. The summed E-state index contributed by atoms with van der Waals surface area (Å²) in [4.78, 5) is 11.3. The Balaban J connectivity index is 2.26. The van der Waals surface area contributed by atoms with Crippen molar-refractivity contribution in [3.63, 3.8) is 0 Å². The minimum Gasteiger partial charge on any atom is -0.481 e. The second kappa shape index (κ2) is 8.69. The lowest BCUT2D eigenvalue weighted by Gasteiger charge is -2.23. The average molecular weight is 331 g/mol. The van der Waals surface area contributed by atoms with Crippen molar-refractivity contribution in [2.75, 3.05) is 0 Å². The van der Waals surface area contributed by atoms with Crippen LogP contribution in [0.3, 0.4) is 0 Å². The van der Waals surface area contributed by atoms with Gasteiger partial charge >= 0.3 is 5.97 Å². The van der Waals surface area contributed by atoms with Crippen molar-refractivity contribution in [1.29, 1.82) is 0 Å². The molecular formula is C22H34O2. The van der Waals surface area contributed by atoms with Crippen LogP contribution in [0.4, 0.5) is 0 Å². The number of aryl methyl sites for hydroxylation is 1. The van der Waals surface area contributed by atoms with Gasteiger partial charge in [0, 0.05) is 0 Å². The Morgan fingerprint density at radius 3 is 2.04 bits per heavy atom. The van der Waals surface area contributed by atoms with Crippen LogP contribution in [-0.2, 0) is 17.6 Å². The second-order valence-corrected chi connectivity index (χ2v) is 8.18. The number of carbonyl (C=O) groups is 1.